The molecule has 1 amide bonds. The number of carbonyl (C=O) groups is 1. The summed E-state index contributed by atoms with van der Waals surface area (Å²) in [5.41, 5.74) is 1.25. The quantitative estimate of drug-likeness (QED) is 0.888. The van der Waals surface area contributed by atoms with Crippen molar-refractivity contribution in [3.05, 3.63) is 65.5 Å². The van der Waals surface area contributed by atoms with E-state index in [1.807, 2.05) is 0 Å². The number of hydrogen-bond donors (Lipinski definition) is 1. The van der Waals surface area contributed by atoms with Gasteiger partial charge >= 0.3 is 6.61 Å². The number of rotatable bonds is 6. The molecule has 0 atom stereocenters. The van der Waals surface area contributed by atoms with Crippen molar-refractivity contribution in [3.63, 3.8) is 0 Å². The molecule has 0 bridgehead atoms. The van der Waals surface area contributed by atoms with Crippen molar-refractivity contribution in [2.24, 2.45) is 0 Å². The van der Waals surface area contributed by atoms with Crippen LogP contribution in [-0.4, -0.2) is 19.1 Å². The van der Waals surface area contributed by atoms with Gasteiger partial charge in [0.1, 0.15) is 11.6 Å². The number of carbonyl (C=O) groups excluding carboxylic acids is 1. The van der Waals surface area contributed by atoms with Crippen molar-refractivity contribution in [1.29, 1.82) is 0 Å². The van der Waals surface area contributed by atoms with Crippen LogP contribution in [0.2, 0.25) is 0 Å². The fourth-order valence-corrected chi connectivity index (χ4v) is 1.86. The molecule has 2 aromatic rings. The van der Waals surface area contributed by atoms with E-state index in [0.29, 0.717) is 18.5 Å². The number of alkyl halides is 2. The lowest BCUT2D eigenvalue weighted by Gasteiger charge is -2.07. The zero-order valence-electron chi connectivity index (χ0n) is 11.6. The Bertz CT molecular complexity index is 612. The van der Waals surface area contributed by atoms with Gasteiger partial charge in [-0.2, -0.15) is 8.78 Å². The average Bonchev–Trinajstić information content (AvgIpc) is 2.49. The summed E-state index contributed by atoms with van der Waals surface area (Å²) in [4.78, 5) is 11.9. The smallest absolute Gasteiger partial charge is 0.387 e. The summed E-state index contributed by atoms with van der Waals surface area (Å²) in [6, 6.07) is 11.5. The summed E-state index contributed by atoms with van der Waals surface area (Å²) in [6.07, 6.45) is 0.568. The molecule has 22 heavy (non-hydrogen) atoms. The van der Waals surface area contributed by atoms with Crippen molar-refractivity contribution >= 4 is 5.91 Å². The van der Waals surface area contributed by atoms with Gasteiger partial charge in [0.15, 0.2) is 0 Å². The van der Waals surface area contributed by atoms with Gasteiger partial charge in [0, 0.05) is 12.1 Å². The Hall–Kier alpha value is -2.50. The van der Waals surface area contributed by atoms with Gasteiger partial charge in [0.2, 0.25) is 0 Å². The van der Waals surface area contributed by atoms with Crippen LogP contribution in [0, 0.1) is 5.82 Å². The number of benzene rings is 2. The molecular formula is C16H14F3NO2. The van der Waals surface area contributed by atoms with E-state index in [-0.39, 0.29) is 17.5 Å². The second kappa shape index (κ2) is 7.49. The first-order valence-electron chi connectivity index (χ1n) is 6.62. The molecule has 2 rings (SSSR count). The molecule has 116 valence electrons. The molecule has 1 N–H and O–H groups in total. The van der Waals surface area contributed by atoms with Crippen LogP contribution in [0.5, 0.6) is 5.75 Å². The third-order valence-electron chi connectivity index (χ3n) is 2.95. The number of amides is 1. The van der Waals surface area contributed by atoms with Gasteiger partial charge in [-0.1, -0.05) is 12.1 Å². The van der Waals surface area contributed by atoms with Crippen molar-refractivity contribution in [2.75, 3.05) is 6.54 Å². The van der Waals surface area contributed by atoms with Gasteiger partial charge in [-0.3, -0.25) is 4.79 Å². The maximum absolute atomic E-state index is 12.7. The molecule has 0 aliphatic rings. The molecule has 0 unspecified atom stereocenters. The van der Waals surface area contributed by atoms with Gasteiger partial charge in [-0.15, -0.1) is 0 Å². The van der Waals surface area contributed by atoms with Crippen LogP contribution in [0.1, 0.15) is 15.9 Å². The molecule has 0 aliphatic heterocycles. The molecule has 0 aliphatic carbocycles. The summed E-state index contributed by atoms with van der Waals surface area (Å²) >= 11 is 0. The molecule has 0 spiro atoms. The van der Waals surface area contributed by atoms with Crippen molar-refractivity contribution in [2.45, 2.75) is 13.0 Å². The molecule has 6 heteroatoms. The summed E-state index contributed by atoms with van der Waals surface area (Å²) in [6.45, 7) is -2.50. The lowest BCUT2D eigenvalue weighted by Crippen LogP contribution is -2.25. The molecule has 2 aromatic carbocycles. The summed E-state index contributed by atoms with van der Waals surface area (Å²) in [7, 11) is 0. The van der Waals surface area contributed by atoms with Crippen LogP contribution < -0.4 is 10.1 Å². The van der Waals surface area contributed by atoms with Gasteiger partial charge in [0.05, 0.1) is 0 Å². The van der Waals surface area contributed by atoms with E-state index in [1.54, 1.807) is 12.1 Å². The maximum Gasteiger partial charge on any atom is 0.387 e. The predicted octanol–water partition coefficient (Wildman–Crippen LogP) is 3.40. The first-order valence-corrected chi connectivity index (χ1v) is 6.62. The van der Waals surface area contributed by atoms with E-state index in [4.69, 9.17) is 0 Å². The second-order valence-electron chi connectivity index (χ2n) is 4.54. The largest absolute Gasteiger partial charge is 0.435 e. The zero-order chi connectivity index (χ0) is 15.9. The number of ether oxygens (including phenoxy) is 1. The van der Waals surface area contributed by atoms with Crippen LogP contribution in [0.25, 0.3) is 0 Å². The highest BCUT2D eigenvalue weighted by Gasteiger charge is 2.07. The molecule has 0 fully saturated rings. The number of nitrogens with one attached hydrogen (secondary N) is 1. The van der Waals surface area contributed by atoms with Crippen LogP contribution in [0.15, 0.2) is 48.5 Å². The normalized spacial score (nSPS) is 10.5. The van der Waals surface area contributed by atoms with E-state index in [1.165, 1.54) is 36.4 Å². The monoisotopic (exact) mass is 309 g/mol. The summed E-state index contributed by atoms with van der Waals surface area (Å²) in [5, 5.41) is 2.70. The van der Waals surface area contributed by atoms with Crippen LogP contribution in [0.4, 0.5) is 13.2 Å². The summed E-state index contributed by atoms with van der Waals surface area (Å²) in [5.74, 6) is -0.623. The average molecular weight is 309 g/mol. The third kappa shape index (κ3) is 4.80. The molecule has 0 saturated carbocycles. The fourth-order valence-electron chi connectivity index (χ4n) is 1.86. The van der Waals surface area contributed by atoms with E-state index in [0.717, 1.165) is 5.56 Å². The van der Waals surface area contributed by atoms with Crippen LogP contribution >= 0.6 is 0 Å². The Labute approximate surface area is 125 Å². The lowest BCUT2D eigenvalue weighted by molar-refractivity contribution is -0.0498. The third-order valence-corrected chi connectivity index (χ3v) is 2.95. The van der Waals surface area contributed by atoms with E-state index >= 15 is 0 Å². The molecule has 0 heterocycles. The van der Waals surface area contributed by atoms with E-state index in [9.17, 15) is 18.0 Å². The van der Waals surface area contributed by atoms with Crippen LogP contribution in [-0.2, 0) is 6.42 Å². The maximum atomic E-state index is 12.7. The highest BCUT2D eigenvalue weighted by Crippen LogP contribution is 2.14. The van der Waals surface area contributed by atoms with Crippen molar-refractivity contribution < 1.29 is 22.7 Å². The number of hydrogen-bond acceptors (Lipinski definition) is 2. The van der Waals surface area contributed by atoms with Crippen molar-refractivity contribution in [1.82, 2.24) is 5.32 Å². The number of halogens is 3. The van der Waals surface area contributed by atoms with E-state index in [2.05, 4.69) is 10.1 Å². The Morgan fingerprint density at radius 2 is 1.68 bits per heavy atom. The van der Waals surface area contributed by atoms with Gasteiger partial charge in [-0.05, 0) is 48.4 Å². The second-order valence-corrected chi connectivity index (χ2v) is 4.54. The van der Waals surface area contributed by atoms with Gasteiger partial charge < -0.3 is 10.1 Å². The Morgan fingerprint density at radius 1 is 1.05 bits per heavy atom. The minimum Gasteiger partial charge on any atom is -0.435 e. The molecule has 0 saturated heterocycles. The highest BCUT2D eigenvalue weighted by atomic mass is 19.3. The molecular weight excluding hydrogens is 295 g/mol. The topological polar surface area (TPSA) is 38.3 Å². The molecule has 0 aromatic heterocycles. The predicted molar refractivity (Wildman–Crippen MR) is 75.5 cm³/mol. The van der Waals surface area contributed by atoms with Crippen LogP contribution in [0.3, 0.4) is 0 Å². The standard InChI is InChI=1S/C16H14F3NO2/c17-13-5-1-11(2-6-13)9-10-20-15(21)12-3-7-14(8-4-12)22-16(18)19/h1-8,16H,9-10H2,(H,20,21). The van der Waals surface area contributed by atoms with Crippen molar-refractivity contribution in [3.8, 4) is 5.75 Å². The SMILES string of the molecule is O=C(NCCc1ccc(F)cc1)c1ccc(OC(F)F)cc1. The minimum absolute atomic E-state index is 0.00198. The van der Waals surface area contributed by atoms with Gasteiger partial charge in [-0.25, -0.2) is 4.39 Å². The summed E-state index contributed by atoms with van der Waals surface area (Å²) < 4.78 is 41.0. The Balaban J connectivity index is 1.83. The van der Waals surface area contributed by atoms with E-state index < -0.39 is 6.61 Å². The minimum atomic E-state index is -2.89. The Kier molecular flexibility index (Phi) is 5.41. The first-order chi connectivity index (χ1) is 10.5. The highest BCUT2D eigenvalue weighted by molar-refractivity contribution is 5.94. The zero-order valence-corrected chi connectivity index (χ0v) is 11.6. The fraction of sp³-hybridized carbons (Fsp3) is 0.188. The van der Waals surface area contributed by atoms with Gasteiger partial charge in [0.25, 0.3) is 5.91 Å². The Morgan fingerprint density at radius 3 is 2.27 bits per heavy atom. The molecule has 3 nitrogen and oxygen atoms in total. The lowest BCUT2D eigenvalue weighted by atomic mass is 10.1. The molecule has 0 radical (unpaired) electrons. The first kappa shape index (κ1) is 15.9.